The molecule has 0 saturated carbocycles. The number of anilines is 1. The van der Waals surface area contributed by atoms with Crippen LogP contribution in [0.4, 0.5) is 5.69 Å². The third-order valence-corrected chi connectivity index (χ3v) is 3.82. The molecule has 1 heterocycles. The van der Waals surface area contributed by atoms with Crippen molar-refractivity contribution in [2.75, 3.05) is 5.32 Å². The van der Waals surface area contributed by atoms with E-state index in [9.17, 15) is 0 Å². The molecule has 100 valence electrons. The Bertz CT molecular complexity index is 720. The Morgan fingerprint density at radius 2 is 1.80 bits per heavy atom. The summed E-state index contributed by atoms with van der Waals surface area (Å²) in [4.78, 5) is 0. The molecule has 0 spiro atoms. The Kier molecular flexibility index (Phi) is 3.65. The van der Waals surface area contributed by atoms with E-state index in [0.29, 0.717) is 0 Å². The minimum absolute atomic E-state index is 0.204. The zero-order chi connectivity index (χ0) is 13.9. The van der Waals surface area contributed by atoms with Crippen LogP contribution in [0, 0.1) is 0 Å². The molecule has 1 unspecified atom stereocenters. The van der Waals surface area contributed by atoms with Crippen LogP contribution in [0.2, 0.25) is 0 Å². The van der Waals surface area contributed by atoms with Crippen molar-refractivity contribution in [2.45, 2.75) is 13.0 Å². The van der Waals surface area contributed by atoms with Crippen LogP contribution in [0.3, 0.4) is 0 Å². The number of halogens is 1. The van der Waals surface area contributed by atoms with Crippen LogP contribution in [-0.4, -0.2) is 10.2 Å². The highest BCUT2D eigenvalue weighted by Gasteiger charge is 2.08. The molecule has 2 aromatic carbocycles. The molecule has 1 atom stereocenters. The number of rotatable bonds is 3. The summed E-state index contributed by atoms with van der Waals surface area (Å²) in [6.07, 6.45) is 1.78. The Morgan fingerprint density at radius 1 is 1.05 bits per heavy atom. The molecule has 3 nitrogen and oxygen atoms in total. The molecule has 4 heteroatoms. The van der Waals surface area contributed by atoms with Gasteiger partial charge < -0.3 is 5.32 Å². The first kappa shape index (κ1) is 13.1. The first-order valence-corrected chi connectivity index (χ1v) is 7.26. The third-order valence-electron chi connectivity index (χ3n) is 3.29. The number of hydrogen-bond donors (Lipinski definition) is 1. The van der Waals surface area contributed by atoms with E-state index in [1.807, 2.05) is 18.2 Å². The second kappa shape index (κ2) is 5.59. The average Bonchev–Trinajstić information content (AvgIpc) is 2.48. The van der Waals surface area contributed by atoms with E-state index in [4.69, 9.17) is 0 Å². The minimum Gasteiger partial charge on any atom is -0.377 e. The Hall–Kier alpha value is -1.94. The maximum atomic E-state index is 4.14. The molecule has 1 N–H and O–H groups in total. The van der Waals surface area contributed by atoms with Gasteiger partial charge >= 0.3 is 0 Å². The van der Waals surface area contributed by atoms with Gasteiger partial charge in [0.1, 0.15) is 0 Å². The van der Waals surface area contributed by atoms with Gasteiger partial charge in [-0.25, -0.2) is 0 Å². The Morgan fingerprint density at radius 3 is 2.60 bits per heavy atom. The summed E-state index contributed by atoms with van der Waals surface area (Å²) in [6.45, 7) is 2.14. The summed E-state index contributed by atoms with van der Waals surface area (Å²) in [5, 5.41) is 12.8. The van der Waals surface area contributed by atoms with Crippen molar-refractivity contribution < 1.29 is 0 Å². The van der Waals surface area contributed by atoms with Crippen molar-refractivity contribution in [2.24, 2.45) is 0 Å². The van der Waals surface area contributed by atoms with Crippen LogP contribution in [0.15, 0.2) is 59.2 Å². The molecule has 0 saturated heterocycles. The number of benzene rings is 2. The van der Waals surface area contributed by atoms with Crippen molar-refractivity contribution in [1.82, 2.24) is 10.2 Å². The summed E-state index contributed by atoms with van der Waals surface area (Å²) in [7, 11) is 0. The number of nitrogens with one attached hydrogen (secondary N) is 1. The van der Waals surface area contributed by atoms with E-state index in [-0.39, 0.29) is 6.04 Å². The zero-order valence-electron chi connectivity index (χ0n) is 11.0. The van der Waals surface area contributed by atoms with Gasteiger partial charge in [-0.2, -0.15) is 10.2 Å². The van der Waals surface area contributed by atoms with E-state index in [0.717, 1.165) is 21.1 Å². The molecule has 0 amide bonds. The molecular weight excluding hydrogens is 314 g/mol. The highest BCUT2D eigenvalue weighted by molar-refractivity contribution is 9.10. The largest absolute Gasteiger partial charge is 0.377 e. The van der Waals surface area contributed by atoms with E-state index in [1.165, 1.54) is 5.56 Å². The van der Waals surface area contributed by atoms with Gasteiger partial charge in [0, 0.05) is 15.9 Å². The lowest BCUT2D eigenvalue weighted by molar-refractivity contribution is 0.882. The second-order valence-electron chi connectivity index (χ2n) is 4.69. The van der Waals surface area contributed by atoms with Crippen LogP contribution in [0.1, 0.15) is 18.5 Å². The van der Waals surface area contributed by atoms with Crippen LogP contribution in [-0.2, 0) is 0 Å². The molecule has 0 aliphatic heterocycles. The fraction of sp³-hybridized carbons (Fsp3) is 0.125. The summed E-state index contributed by atoms with van der Waals surface area (Å²) in [6, 6.07) is 16.5. The van der Waals surface area contributed by atoms with Gasteiger partial charge in [-0.05, 0) is 30.7 Å². The van der Waals surface area contributed by atoms with Gasteiger partial charge in [0.05, 0.1) is 17.4 Å². The molecule has 3 rings (SSSR count). The third kappa shape index (κ3) is 2.65. The maximum Gasteiger partial charge on any atom is 0.0950 e. The molecule has 1 aromatic heterocycles. The number of nitrogens with zero attached hydrogens (tertiary/aromatic N) is 2. The predicted octanol–water partition coefficient (Wildman–Crippen LogP) is 4.57. The number of fused-ring (bicyclic) bond motifs is 1. The molecular formula is C16H14BrN3. The molecule has 0 radical (unpaired) electrons. The lowest BCUT2D eigenvalue weighted by atomic mass is 10.1. The molecule has 20 heavy (non-hydrogen) atoms. The SMILES string of the molecule is CC(Nc1cnnc2ccccc12)c1ccc(Br)cc1. The Balaban J connectivity index is 1.91. The molecule has 3 aromatic rings. The van der Waals surface area contributed by atoms with Crippen molar-refractivity contribution >= 4 is 32.5 Å². The first-order valence-electron chi connectivity index (χ1n) is 6.46. The van der Waals surface area contributed by atoms with Crippen molar-refractivity contribution in [3.63, 3.8) is 0 Å². The van der Waals surface area contributed by atoms with Gasteiger partial charge in [-0.15, -0.1) is 0 Å². The highest BCUT2D eigenvalue weighted by atomic mass is 79.9. The summed E-state index contributed by atoms with van der Waals surface area (Å²) in [5.41, 5.74) is 3.14. The minimum atomic E-state index is 0.204. The standard InChI is InChI=1S/C16H14BrN3/c1-11(12-6-8-13(17)9-7-12)19-16-10-18-20-15-5-3-2-4-14(15)16/h2-11H,1H3,(H,19,20). The Labute approximate surface area is 126 Å². The average molecular weight is 328 g/mol. The monoisotopic (exact) mass is 327 g/mol. The van der Waals surface area contributed by atoms with Crippen LogP contribution in [0.5, 0.6) is 0 Å². The van der Waals surface area contributed by atoms with E-state index in [1.54, 1.807) is 6.20 Å². The number of hydrogen-bond acceptors (Lipinski definition) is 3. The fourth-order valence-corrected chi connectivity index (χ4v) is 2.45. The van der Waals surface area contributed by atoms with E-state index < -0.39 is 0 Å². The maximum absolute atomic E-state index is 4.14. The molecule has 0 aliphatic rings. The number of aromatic nitrogens is 2. The van der Waals surface area contributed by atoms with Gasteiger partial charge in [-0.3, -0.25) is 0 Å². The van der Waals surface area contributed by atoms with Crippen molar-refractivity contribution in [3.8, 4) is 0 Å². The summed E-state index contributed by atoms with van der Waals surface area (Å²) >= 11 is 3.46. The summed E-state index contributed by atoms with van der Waals surface area (Å²) in [5.74, 6) is 0. The van der Waals surface area contributed by atoms with Gasteiger partial charge in [0.25, 0.3) is 0 Å². The zero-order valence-corrected chi connectivity index (χ0v) is 12.6. The highest BCUT2D eigenvalue weighted by Crippen LogP contribution is 2.25. The normalized spacial score (nSPS) is 12.3. The molecule has 0 bridgehead atoms. The second-order valence-corrected chi connectivity index (χ2v) is 5.61. The van der Waals surface area contributed by atoms with Gasteiger partial charge in [0.15, 0.2) is 0 Å². The van der Waals surface area contributed by atoms with E-state index >= 15 is 0 Å². The topological polar surface area (TPSA) is 37.8 Å². The van der Waals surface area contributed by atoms with Crippen LogP contribution < -0.4 is 5.32 Å². The molecule has 0 fully saturated rings. The quantitative estimate of drug-likeness (QED) is 0.765. The predicted molar refractivity (Wildman–Crippen MR) is 85.7 cm³/mol. The summed E-state index contributed by atoms with van der Waals surface area (Å²) < 4.78 is 1.09. The fourth-order valence-electron chi connectivity index (χ4n) is 2.19. The van der Waals surface area contributed by atoms with Gasteiger partial charge in [-0.1, -0.05) is 46.3 Å². The lowest BCUT2D eigenvalue weighted by Gasteiger charge is -2.16. The first-order chi connectivity index (χ1) is 9.74. The van der Waals surface area contributed by atoms with Crippen LogP contribution >= 0.6 is 15.9 Å². The van der Waals surface area contributed by atoms with Crippen molar-refractivity contribution in [3.05, 3.63) is 64.8 Å². The van der Waals surface area contributed by atoms with Gasteiger partial charge in [0.2, 0.25) is 0 Å². The smallest absolute Gasteiger partial charge is 0.0950 e. The van der Waals surface area contributed by atoms with Crippen LogP contribution in [0.25, 0.3) is 10.9 Å². The van der Waals surface area contributed by atoms with E-state index in [2.05, 4.69) is 68.7 Å². The van der Waals surface area contributed by atoms with Crippen molar-refractivity contribution in [1.29, 1.82) is 0 Å². The lowest BCUT2D eigenvalue weighted by Crippen LogP contribution is -2.07. The molecule has 0 aliphatic carbocycles.